The second-order valence-corrected chi connectivity index (χ2v) is 6.88. The molecule has 0 spiro atoms. The van der Waals surface area contributed by atoms with Crippen molar-refractivity contribution in [3.05, 3.63) is 54.1 Å². The summed E-state index contributed by atoms with van der Waals surface area (Å²) in [6, 6.07) is 15.0. The zero-order chi connectivity index (χ0) is 18.3. The zero-order valence-corrected chi connectivity index (χ0v) is 15.4. The van der Waals surface area contributed by atoms with Gasteiger partial charge in [0.2, 0.25) is 0 Å². The fraction of sp³-hybridized carbons (Fsp3) is 0.381. The number of esters is 1. The van der Waals surface area contributed by atoms with Crippen LogP contribution in [-0.4, -0.2) is 19.7 Å². The first-order valence-corrected chi connectivity index (χ1v) is 8.46. The fourth-order valence-electron chi connectivity index (χ4n) is 2.28. The zero-order valence-electron chi connectivity index (χ0n) is 15.4. The van der Waals surface area contributed by atoms with Crippen LogP contribution in [0, 0.1) is 0 Å². The summed E-state index contributed by atoms with van der Waals surface area (Å²) in [7, 11) is 1.59. The third-order valence-corrected chi connectivity index (χ3v) is 3.81. The van der Waals surface area contributed by atoms with E-state index in [9.17, 15) is 4.79 Å². The van der Waals surface area contributed by atoms with E-state index >= 15 is 0 Å². The van der Waals surface area contributed by atoms with Gasteiger partial charge in [-0.1, -0.05) is 32.9 Å². The summed E-state index contributed by atoms with van der Waals surface area (Å²) in [4.78, 5) is 11.8. The molecule has 0 fully saturated rings. The van der Waals surface area contributed by atoms with Gasteiger partial charge >= 0.3 is 5.97 Å². The highest BCUT2D eigenvalue weighted by Crippen LogP contribution is 2.24. The third kappa shape index (κ3) is 6.14. The molecule has 4 nitrogen and oxygen atoms in total. The average Bonchev–Trinajstić information content (AvgIpc) is 2.59. The van der Waals surface area contributed by atoms with Gasteiger partial charge in [-0.15, -0.1) is 0 Å². The van der Waals surface area contributed by atoms with Gasteiger partial charge in [0.15, 0.2) is 0 Å². The van der Waals surface area contributed by atoms with E-state index in [4.69, 9.17) is 14.2 Å². The van der Waals surface area contributed by atoms with Gasteiger partial charge in [-0.05, 0) is 53.8 Å². The standard InChI is InChI=1S/C21H26O4/c1-21(2,3)16-7-9-18(10-8-16)24-15-5-6-20(22)25-19-13-11-17(23-4)12-14-19/h7-14H,5-6,15H2,1-4H3. The second kappa shape index (κ2) is 8.56. The Labute approximate surface area is 149 Å². The molecule has 0 saturated heterocycles. The number of ether oxygens (including phenoxy) is 3. The molecule has 0 N–H and O–H groups in total. The van der Waals surface area contributed by atoms with Gasteiger partial charge < -0.3 is 14.2 Å². The van der Waals surface area contributed by atoms with Gasteiger partial charge in [-0.25, -0.2) is 0 Å². The van der Waals surface area contributed by atoms with Crippen LogP contribution in [0.15, 0.2) is 48.5 Å². The van der Waals surface area contributed by atoms with E-state index in [2.05, 4.69) is 32.9 Å². The van der Waals surface area contributed by atoms with E-state index in [1.54, 1.807) is 31.4 Å². The molecule has 0 amide bonds. The molecule has 0 aliphatic rings. The molecule has 0 radical (unpaired) electrons. The lowest BCUT2D eigenvalue weighted by Gasteiger charge is -2.19. The highest BCUT2D eigenvalue weighted by Gasteiger charge is 2.13. The molecule has 0 aliphatic carbocycles. The average molecular weight is 342 g/mol. The quantitative estimate of drug-likeness (QED) is 0.413. The third-order valence-electron chi connectivity index (χ3n) is 3.81. The summed E-state index contributed by atoms with van der Waals surface area (Å²) in [5.74, 6) is 1.79. The summed E-state index contributed by atoms with van der Waals surface area (Å²) in [5, 5.41) is 0. The number of benzene rings is 2. The van der Waals surface area contributed by atoms with Gasteiger partial charge in [0.1, 0.15) is 17.2 Å². The van der Waals surface area contributed by atoms with Gasteiger partial charge in [0, 0.05) is 6.42 Å². The SMILES string of the molecule is COc1ccc(OC(=O)CCCOc2ccc(C(C)(C)C)cc2)cc1. The first kappa shape index (κ1) is 18.8. The fourth-order valence-corrected chi connectivity index (χ4v) is 2.28. The molecule has 0 aliphatic heterocycles. The van der Waals surface area contributed by atoms with Crippen LogP contribution in [0.2, 0.25) is 0 Å². The minimum Gasteiger partial charge on any atom is -0.497 e. The van der Waals surface area contributed by atoms with Crippen LogP contribution in [0.1, 0.15) is 39.2 Å². The predicted molar refractivity (Wildman–Crippen MR) is 98.5 cm³/mol. The largest absolute Gasteiger partial charge is 0.497 e. The highest BCUT2D eigenvalue weighted by atomic mass is 16.5. The van der Waals surface area contributed by atoms with E-state index in [-0.39, 0.29) is 11.4 Å². The second-order valence-electron chi connectivity index (χ2n) is 6.88. The number of hydrogen-bond acceptors (Lipinski definition) is 4. The number of carbonyl (C=O) groups excluding carboxylic acids is 1. The molecule has 0 atom stereocenters. The number of rotatable bonds is 7. The minimum absolute atomic E-state index is 0.129. The van der Waals surface area contributed by atoms with E-state index in [1.165, 1.54) is 5.56 Å². The molecule has 2 aromatic rings. The van der Waals surface area contributed by atoms with E-state index < -0.39 is 0 Å². The summed E-state index contributed by atoms with van der Waals surface area (Å²) >= 11 is 0. The summed E-state index contributed by atoms with van der Waals surface area (Å²) in [6.45, 7) is 7.01. The number of carbonyl (C=O) groups is 1. The number of hydrogen-bond donors (Lipinski definition) is 0. The van der Waals surface area contributed by atoms with Gasteiger partial charge in [-0.2, -0.15) is 0 Å². The van der Waals surface area contributed by atoms with Crippen LogP contribution in [0.4, 0.5) is 0 Å². The minimum atomic E-state index is -0.267. The van der Waals surface area contributed by atoms with Crippen molar-refractivity contribution in [2.24, 2.45) is 0 Å². The summed E-state index contributed by atoms with van der Waals surface area (Å²) in [5.41, 5.74) is 1.40. The molecule has 0 heterocycles. The molecule has 0 unspecified atom stereocenters. The van der Waals surface area contributed by atoms with Crippen molar-refractivity contribution in [2.75, 3.05) is 13.7 Å². The van der Waals surface area contributed by atoms with Crippen molar-refractivity contribution in [3.63, 3.8) is 0 Å². The maximum Gasteiger partial charge on any atom is 0.311 e. The number of methoxy groups -OCH3 is 1. The Balaban J connectivity index is 1.70. The molecule has 4 heteroatoms. The van der Waals surface area contributed by atoms with Crippen molar-refractivity contribution >= 4 is 5.97 Å². The van der Waals surface area contributed by atoms with Crippen LogP contribution in [0.25, 0.3) is 0 Å². The molecule has 25 heavy (non-hydrogen) atoms. The summed E-state index contributed by atoms with van der Waals surface area (Å²) in [6.07, 6.45) is 0.919. The molecular formula is C21H26O4. The van der Waals surface area contributed by atoms with Crippen LogP contribution >= 0.6 is 0 Å². The molecule has 2 aromatic carbocycles. The lowest BCUT2D eigenvalue weighted by molar-refractivity contribution is -0.134. The monoisotopic (exact) mass is 342 g/mol. The van der Waals surface area contributed by atoms with Gasteiger partial charge in [-0.3, -0.25) is 4.79 Å². The van der Waals surface area contributed by atoms with Crippen molar-refractivity contribution in [3.8, 4) is 17.2 Å². The Morgan fingerprint density at radius 1 is 0.880 bits per heavy atom. The maximum absolute atomic E-state index is 11.8. The molecular weight excluding hydrogens is 316 g/mol. The lowest BCUT2D eigenvalue weighted by atomic mass is 9.87. The summed E-state index contributed by atoms with van der Waals surface area (Å²) < 4.78 is 16.0. The van der Waals surface area contributed by atoms with Crippen LogP contribution < -0.4 is 14.2 Å². The Morgan fingerprint density at radius 2 is 1.44 bits per heavy atom. The van der Waals surface area contributed by atoms with Crippen LogP contribution in [0.5, 0.6) is 17.2 Å². The van der Waals surface area contributed by atoms with Crippen molar-refractivity contribution < 1.29 is 19.0 Å². The van der Waals surface area contributed by atoms with Crippen molar-refractivity contribution in [1.82, 2.24) is 0 Å². The molecule has 134 valence electrons. The Hall–Kier alpha value is -2.49. The van der Waals surface area contributed by atoms with E-state index in [0.29, 0.717) is 25.2 Å². The van der Waals surface area contributed by atoms with Gasteiger partial charge in [0.25, 0.3) is 0 Å². The first-order valence-electron chi connectivity index (χ1n) is 8.46. The lowest BCUT2D eigenvalue weighted by Crippen LogP contribution is -2.11. The molecule has 0 aromatic heterocycles. The van der Waals surface area contributed by atoms with E-state index in [0.717, 1.165) is 11.5 Å². The molecule has 2 rings (SSSR count). The Morgan fingerprint density at radius 3 is 2.00 bits per heavy atom. The topological polar surface area (TPSA) is 44.8 Å². The highest BCUT2D eigenvalue weighted by molar-refractivity contribution is 5.72. The predicted octanol–water partition coefficient (Wildman–Crippen LogP) is 4.76. The molecule has 0 bridgehead atoms. The van der Waals surface area contributed by atoms with Crippen molar-refractivity contribution in [1.29, 1.82) is 0 Å². The van der Waals surface area contributed by atoms with E-state index in [1.807, 2.05) is 12.1 Å². The van der Waals surface area contributed by atoms with Crippen molar-refractivity contribution in [2.45, 2.75) is 39.0 Å². The molecule has 0 saturated carbocycles. The van der Waals surface area contributed by atoms with Gasteiger partial charge in [0.05, 0.1) is 13.7 Å². The maximum atomic E-state index is 11.8. The van der Waals surface area contributed by atoms with Crippen LogP contribution in [0.3, 0.4) is 0 Å². The first-order chi connectivity index (χ1) is 11.9. The smallest absolute Gasteiger partial charge is 0.311 e. The normalized spacial score (nSPS) is 11.0. The Kier molecular flexibility index (Phi) is 6.45. The Bertz CT molecular complexity index is 667. The van der Waals surface area contributed by atoms with Crippen LogP contribution in [-0.2, 0) is 10.2 Å².